The molecule has 4 nitrogen and oxygen atoms in total. The van der Waals surface area contributed by atoms with E-state index in [0.717, 1.165) is 0 Å². The molecule has 0 amide bonds. The molecule has 0 aliphatic rings. The van der Waals surface area contributed by atoms with Gasteiger partial charge in [-0.2, -0.15) is 0 Å². The highest BCUT2D eigenvalue weighted by molar-refractivity contribution is 6.30. The molecule has 0 radical (unpaired) electrons. The number of halogens is 1. The maximum atomic E-state index is 10.8. The Kier molecular flexibility index (Phi) is 2.43. The van der Waals surface area contributed by atoms with Gasteiger partial charge < -0.3 is 9.63 Å². The summed E-state index contributed by atoms with van der Waals surface area (Å²) >= 11 is 5.71. The lowest BCUT2D eigenvalue weighted by molar-refractivity contribution is 0.0697. The van der Waals surface area contributed by atoms with E-state index in [9.17, 15) is 4.79 Å². The maximum absolute atomic E-state index is 10.8. The van der Waals surface area contributed by atoms with E-state index in [1.165, 1.54) is 6.20 Å². The molecule has 0 saturated carbocycles. The Morgan fingerprint density at radius 2 is 2.00 bits per heavy atom. The van der Waals surface area contributed by atoms with Crippen molar-refractivity contribution in [2.75, 3.05) is 0 Å². The number of aromatic nitrogens is 1. The summed E-state index contributed by atoms with van der Waals surface area (Å²) in [6.45, 7) is 0. The minimum atomic E-state index is -1.07. The van der Waals surface area contributed by atoms with Crippen LogP contribution in [0.5, 0.6) is 0 Å². The van der Waals surface area contributed by atoms with E-state index < -0.39 is 5.97 Å². The number of hydrogen-bond donors (Lipinski definition) is 1. The zero-order valence-electron chi connectivity index (χ0n) is 7.48. The summed E-state index contributed by atoms with van der Waals surface area (Å²) in [5.41, 5.74) is 0.673. The van der Waals surface area contributed by atoms with Crippen molar-refractivity contribution in [3.63, 3.8) is 0 Å². The largest absolute Gasteiger partial charge is 0.477 e. The van der Waals surface area contributed by atoms with Crippen LogP contribution in [0.2, 0.25) is 5.02 Å². The average molecular weight is 224 g/mol. The van der Waals surface area contributed by atoms with Gasteiger partial charge >= 0.3 is 5.97 Å². The van der Waals surface area contributed by atoms with Gasteiger partial charge in [-0.15, -0.1) is 0 Å². The van der Waals surface area contributed by atoms with E-state index in [0.29, 0.717) is 10.6 Å². The van der Waals surface area contributed by atoms with Gasteiger partial charge in [0.05, 0.1) is 6.20 Å². The van der Waals surface area contributed by atoms with Gasteiger partial charge in [0.2, 0.25) is 0 Å². The highest BCUT2D eigenvalue weighted by Gasteiger charge is 2.16. The third-order valence-electron chi connectivity index (χ3n) is 1.91. The average Bonchev–Trinajstić information content (AvgIpc) is 2.67. The Bertz CT molecular complexity index is 490. The minimum Gasteiger partial charge on any atom is -0.477 e. The predicted octanol–water partition coefficient (Wildman–Crippen LogP) is 2.69. The van der Waals surface area contributed by atoms with Gasteiger partial charge in [-0.05, 0) is 24.3 Å². The number of benzene rings is 1. The van der Waals surface area contributed by atoms with E-state index in [1.807, 2.05) is 0 Å². The molecule has 15 heavy (non-hydrogen) atoms. The molecule has 2 rings (SSSR count). The molecule has 1 aromatic heterocycles. The van der Waals surface area contributed by atoms with Crippen LogP contribution in [0.3, 0.4) is 0 Å². The Labute approximate surface area is 90.1 Å². The maximum Gasteiger partial charge on any atom is 0.341 e. The number of nitrogens with zero attached hydrogens (tertiary/aromatic N) is 1. The first-order chi connectivity index (χ1) is 7.18. The van der Waals surface area contributed by atoms with E-state index >= 15 is 0 Å². The summed E-state index contributed by atoms with van der Waals surface area (Å²) in [6, 6.07) is 6.67. The van der Waals surface area contributed by atoms with Gasteiger partial charge in [0, 0.05) is 10.6 Å². The monoisotopic (exact) mass is 223 g/mol. The quantitative estimate of drug-likeness (QED) is 0.850. The molecule has 1 aromatic carbocycles. The second kappa shape index (κ2) is 3.74. The lowest BCUT2D eigenvalue weighted by Gasteiger charge is -1.97. The van der Waals surface area contributed by atoms with Crippen LogP contribution in [0.4, 0.5) is 0 Å². The van der Waals surface area contributed by atoms with Gasteiger partial charge in [0.15, 0.2) is 5.76 Å². The smallest absolute Gasteiger partial charge is 0.341 e. The Morgan fingerprint density at radius 3 is 2.60 bits per heavy atom. The van der Waals surface area contributed by atoms with Crippen molar-refractivity contribution in [1.29, 1.82) is 0 Å². The molecule has 1 N–H and O–H groups in total. The fourth-order valence-electron chi connectivity index (χ4n) is 1.20. The molecule has 1 heterocycles. The Morgan fingerprint density at radius 1 is 1.33 bits per heavy atom. The van der Waals surface area contributed by atoms with E-state index in [4.69, 9.17) is 21.2 Å². The summed E-state index contributed by atoms with van der Waals surface area (Å²) in [6.07, 6.45) is 1.17. The summed E-state index contributed by atoms with van der Waals surface area (Å²) < 4.78 is 4.88. The fourth-order valence-corrected chi connectivity index (χ4v) is 1.33. The van der Waals surface area contributed by atoms with E-state index in [-0.39, 0.29) is 11.3 Å². The second-order valence-electron chi connectivity index (χ2n) is 2.88. The predicted molar refractivity (Wildman–Crippen MR) is 53.9 cm³/mol. The van der Waals surface area contributed by atoms with E-state index in [1.54, 1.807) is 24.3 Å². The normalized spacial score (nSPS) is 10.2. The van der Waals surface area contributed by atoms with Crippen molar-refractivity contribution in [2.45, 2.75) is 0 Å². The lowest BCUT2D eigenvalue weighted by Crippen LogP contribution is -1.95. The summed E-state index contributed by atoms with van der Waals surface area (Å²) in [5, 5.41) is 12.9. The molecule has 0 aliphatic heterocycles. The number of aromatic carboxylic acids is 1. The molecule has 0 atom stereocenters. The zero-order chi connectivity index (χ0) is 10.8. The molecule has 0 unspecified atom stereocenters. The van der Waals surface area contributed by atoms with Crippen molar-refractivity contribution in [3.8, 4) is 11.3 Å². The number of carboxylic acid groups (broad SMARTS) is 1. The van der Waals surface area contributed by atoms with Gasteiger partial charge in [0.25, 0.3) is 0 Å². The molecule has 0 fully saturated rings. The Hall–Kier alpha value is -1.81. The molecule has 0 aliphatic carbocycles. The molecule has 0 spiro atoms. The van der Waals surface area contributed by atoms with Gasteiger partial charge in [-0.25, -0.2) is 4.79 Å². The third kappa shape index (κ3) is 1.85. The van der Waals surface area contributed by atoms with E-state index in [2.05, 4.69) is 5.16 Å². The second-order valence-corrected chi connectivity index (χ2v) is 3.32. The summed E-state index contributed by atoms with van der Waals surface area (Å²) in [7, 11) is 0. The van der Waals surface area contributed by atoms with Crippen molar-refractivity contribution >= 4 is 17.6 Å². The zero-order valence-corrected chi connectivity index (χ0v) is 8.23. The number of carboxylic acids is 1. The molecular weight excluding hydrogens is 218 g/mol. The first-order valence-electron chi connectivity index (χ1n) is 4.12. The standard InChI is InChI=1S/C10H6ClNO3/c11-7-3-1-6(2-4-7)9-8(10(13)14)5-12-15-9/h1-5H,(H,13,14). The van der Waals surface area contributed by atoms with Crippen LogP contribution in [0.25, 0.3) is 11.3 Å². The number of carbonyl (C=O) groups is 1. The number of rotatable bonds is 2. The van der Waals surface area contributed by atoms with Crippen molar-refractivity contribution in [2.24, 2.45) is 0 Å². The van der Waals surface area contributed by atoms with Crippen LogP contribution in [0, 0.1) is 0 Å². The van der Waals surface area contributed by atoms with Crippen LogP contribution < -0.4 is 0 Å². The van der Waals surface area contributed by atoms with Gasteiger partial charge in [-0.1, -0.05) is 16.8 Å². The first-order valence-corrected chi connectivity index (χ1v) is 4.50. The molecular formula is C10H6ClNO3. The van der Waals surface area contributed by atoms with Crippen LogP contribution in [-0.4, -0.2) is 16.2 Å². The molecule has 2 aromatic rings. The first kappa shape index (κ1) is 9.73. The number of hydrogen-bond acceptors (Lipinski definition) is 3. The molecule has 0 saturated heterocycles. The molecule has 5 heteroatoms. The van der Waals surface area contributed by atoms with Crippen LogP contribution in [-0.2, 0) is 0 Å². The third-order valence-corrected chi connectivity index (χ3v) is 2.16. The minimum absolute atomic E-state index is 0.0392. The van der Waals surface area contributed by atoms with Crippen LogP contribution in [0.1, 0.15) is 10.4 Å². The summed E-state index contributed by atoms with van der Waals surface area (Å²) in [5.74, 6) is -0.833. The van der Waals surface area contributed by atoms with Crippen LogP contribution in [0.15, 0.2) is 35.0 Å². The summed E-state index contributed by atoms with van der Waals surface area (Å²) in [4.78, 5) is 10.8. The fraction of sp³-hybridized carbons (Fsp3) is 0. The molecule has 0 bridgehead atoms. The lowest BCUT2D eigenvalue weighted by atomic mass is 10.1. The highest BCUT2D eigenvalue weighted by atomic mass is 35.5. The SMILES string of the molecule is O=C(O)c1cnoc1-c1ccc(Cl)cc1. The highest BCUT2D eigenvalue weighted by Crippen LogP contribution is 2.24. The molecule has 76 valence electrons. The van der Waals surface area contributed by atoms with Crippen molar-refractivity contribution in [3.05, 3.63) is 41.0 Å². The van der Waals surface area contributed by atoms with Crippen molar-refractivity contribution in [1.82, 2.24) is 5.16 Å². The topological polar surface area (TPSA) is 63.3 Å². The van der Waals surface area contributed by atoms with Crippen molar-refractivity contribution < 1.29 is 14.4 Å². The van der Waals surface area contributed by atoms with Gasteiger partial charge in [-0.3, -0.25) is 0 Å². The van der Waals surface area contributed by atoms with Crippen LogP contribution >= 0.6 is 11.6 Å². The Balaban J connectivity index is 2.49. The van der Waals surface area contributed by atoms with Gasteiger partial charge in [0.1, 0.15) is 5.56 Å².